The van der Waals surface area contributed by atoms with Crippen molar-refractivity contribution < 1.29 is 9.05 Å². The Morgan fingerprint density at radius 1 is 0.692 bits per heavy atom. The molecule has 0 radical (unpaired) electrons. The summed E-state index contributed by atoms with van der Waals surface area (Å²) in [5.41, 5.74) is 3.06. The van der Waals surface area contributed by atoms with Gasteiger partial charge < -0.3 is 14.4 Å². The van der Waals surface area contributed by atoms with E-state index in [0.717, 1.165) is 23.5 Å². The first-order chi connectivity index (χ1) is 17.4. The number of anilines is 2. The summed E-state index contributed by atoms with van der Waals surface area (Å²) in [5, 5.41) is 8.24. The molecule has 0 bridgehead atoms. The predicted molar refractivity (Wildman–Crippen MR) is 176 cm³/mol. The number of benzene rings is 1. The third-order valence-electron chi connectivity index (χ3n) is 8.24. The van der Waals surface area contributed by atoms with Gasteiger partial charge in [-0.1, -0.05) is 53.7 Å². The summed E-state index contributed by atoms with van der Waals surface area (Å²) in [6.07, 6.45) is 7.68. The van der Waals surface area contributed by atoms with Gasteiger partial charge in [-0.05, 0) is 115 Å². The molecule has 0 amide bonds. The minimum atomic E-state index is -1.98. The van der Waals surface area contributed by atoms with Crippen LogP contribution in [0.2, 0.25) is 36.3 Å². The van der Waals surface area contributed by atoms with Gasteiger partial charge in [-0.2, -0.15) is 0 Å². The van der Waals surface area contributed by atoms with Crippen LogP contribution >= 0.6 is 0 Å². The molecule has 1 unspecified atom stereocenters. The molecule has 1 aliphatic carbocycles. The molecule has 0 saturated heterocycles. The van der Waals surface area contributed by atoms with Crippen molar-refractivity contribution in [3.8, 4) is 0 Å². The Morgan fingerprint density at radius 2 is 1.13 bits per heavy atom. The standard InChI is InChI=1S/C32H59N3O2Si2/c1-29(2,3)34(36-38(13,14)31(7,8)9)27-21-17-25(18-22-27)33-26-19-23-28(24-20-26)35(30(4,5)6)37-39(15,16)32(10,11)12/h17-19,21-24,26,33H,20H2,1-16H3. The average Bonchev–Trinajstić information content (AvgIpc) is 2.74. The summed E-state index contributed by atoms with van der Waals surface area (Å²) in [6.45, 7) is 36.2. The van der Waals surface area contributed by atoms with Crippen LogP contribution in [-0.2, 0) is 9.05 Å². The number of hydrogen-bond acceptors (Lipinski definition) is 5. The quantitative estimate of drug-likeness (QED) is 0.247. The molecular formula is C32H59N3O2Si2. The molecule has 1 atom stereocenters. The number of nitrogens with one attached hydrogen (secondary N) is 1. The second kappa shape index (κ2) is 11.4. The monoisotopic (exact) mass is 573 g/mol. The Balaban J connectivity index is 2.16. The van der Waals surface area contributed by atoms with E-state index in [9.17, 15) is 0 Å². The van der Waals surface area contributed by atoms with E-state index in [0.29, 0.717) is 0 Å². The van der Waals surface area contributed by atoms with Crippen LogP contribution in [0, 0.1) is 0 Å². The molecule has 7 heteroatoms. The van der Waals surface area contributed by atoms with Gasteiger partial charge >= 0.3 is 0 Å². The second-order valence-electron chi connectivity index (χ2n) is 16.2. The Bertz CT molecular complexity index is 1020. The van der Waals surface area contributed by atoms with Gasteiger partial charge in [0.25, 0.3) is 0 Å². The van der Waals surface area contributed by atoms with Crippen LogP contribution in [0.1, 0.15) is 89.5 Å². The lowest BCUT2D eigenvalue weighted by atomic mass is 10.0. The first-order valence-electron chi connectivity index (χ1n) is 14.6. The lowest BCUT2D eigenvalue weighted by Gasteiger charge is -2.46. The lowest BCUT2D eigenvalue weighted by molar-refractivity contribution is -0.103. The molecule has 0 spiro atoms. The number of hydrogen-bond donors (Lipinski definition) is 1. The number of nitrogens with zero attached hydrogens (tertiary/aromatic N) is 2. The van der Waals surface area contributed by atoms with Gasteiger partial charge in [0.15, 0.2) is 0 Å². The minimum absolute atomic E-state index is 0.132. The highest BCUT2D eigenvalue weighted by Crippen LogP contribution is 2.41. The molecule has 0 saturated carbocycles. The smallest absolute Gasteiger partial charge is 0.228 e. The highest BCUT2D eigenvalue weighted by molar-refractivity contribution is 6.74. The molecule has 0 aliphatic heterocycles. The van der Waals surface area contributed by atoms with E-state index in [-0.39, 0.29) is 27.2 Å². The fourth-order valence-corrected chi connectivity index (χ4v) is 5.88. The molecule has 2 rings (SSSR count). The van der Waals surface area contributed by atoms with E-state index in [1.165, 1.54) is 0 Å². The molecule has 0 fully saturated rings. The highest BCUT2D eigenvalue weighted by Gasteiger charge is 2.43. The van der Waals surface area contributed by atoms with E-state index >= 15 is 0 Å². The van der Waals surface area contributed by atoms with Crippen LogP contribution in [0.4, 0.5) is 11.4 Å². The Labute approximate surface area is 243 Å². The van der Waals surface area contributed by atoms with Gasteiger partial charge in [0.1, 0.15) is 0 Å². The number of allylic oxidation sites excluding steroid dienone is 1. The summed E-state index contributed by atoms with van der Waals surface area (Å²) in [4.78, 5) is 0. The largest absolute Gasteiger partial charge is 0.379 e. The van der Waals surface area contributed by atoms with Crippen LogP contribution in [0.3, 0.4) is 0 Å². The van der Waals surface area contributed by atoms with E-state index in [1.807, 2.05) is 0 Å². The number of hydroxylamine groups is 3. The number of rotatable bonds is 8. The first-order valence-corrected chi connectivity index (χ1v) is 20.4. The van der Waals surface area contributed by atoms with Crippen LogP contribution in [-0.4, -0.2) is 38.8 Å². The summed E-state index contributed by atoms with van der Waals surface area (Å²) in [5.74, 6) is 0. The third kappa shape index (κ3) is 8.72. The minimum Gasteiger partial charge on any atom is -0.379 e. The van der Waals surface area contributed by atoms with Crippen LogP contribution < -0.4 is 10.4 Å². The van der Waals surface area contributed by atoms with Crippen molar-refractivity contribution in [3.63, 3.8) is 0 Å². The molecule has 1 N–H and O–H groups in total. The molecule has 222 valence electrons. The summed E-state index contributed by atoms with van der Waals surface area (Å²) in [6, 6.07) is 8.90. The molecule has 1 aromatic carbocycles. The van der Waals surface area contributed by atoms with Crippen molar-refractivity contribution in [2.24, 2.45) is 0 Å². The van der Waals surface area contributed by atoms with Crippen LogP contribution in [0.25, 0.3) is 0 Å². The molecule has 1 aliphatic rings. The summed E-state index contributed by atoms with van der Waals surface area (Å²) in [7, 11) is -3.95. The van der Waals surface area contributed by atoms with E-state index in [4.69, 9.17) is 9.05 Å². The molecule has 39 heavy (non-hydrogen) atoms. The highest BCUT2D eigenvalue weighted by atomic mass is 28.4. The zero-order chi connectivity index (χ0) is 30.2. The second-order valence-corrected chi connectivity index (χ2v) is 25.6. The summed E-state index contributed by atoms with van der Waals surface area (Å²) < 4.78 is 13.6. The first kappa shape index (κ1) is 33.7. The van der Waals surface area contributed by atoms with Crippen LogP contribution in [0.15, 0.2) is 48.2 Å². The normalized spacial score (nSPS) is 17.6. The molecule has 1 aromatic rings. The molecule has 5 nitrogen and oxygen atoms in total. The Hall–Kier alpha value is -1.55. The van der Waals surface area contributed by atoms with Crippen molar-refractivity contribution in [2.75, 3.05) is 10.4 Å². The SMILES string of the molecule is CC(C)(C)N(O[Si](C)(C)C(C)(C)C)C1=CCC(Nc2ccc(N(O[Si](C)(C)C(C)(C)C)C(C)(C)C)cc2)C=C1. The van der Waals surface area contributed by atoms with Crippen molar-refractivity contribution in [3.05, 3.63) is 48.2 Å². The van der Waals surface area contributed by atoms with Gasteiger partial charge in [0.05, 0.1) is 22.5 Å². The van der Waals surface area contributed by atoms with Crippen molar-refractivity contribution in [1.82, 2.24) is 5.06 Å². The van der Waals surface area contributed by atoms with Gasteiger partial charge in [-0.3, -0.25) is 10.1 Å². The zero-order valence-corrected chi connectivity index (χ0v) is 30.0. The Morgan fingerprint density at radius 3 is 1.49 bits per heavy atom. The molecular weight excluding hydrogens is 515 g/mol. The zero-order valence-electron chi connectivity index (χ0n) is 28.0. The maximum Gasteiger partial charge on any atom is 0.228 e. The van der Waals surface area contributed by atoms with Crippen molar-refractivity contribution >= 4 is 28.0 Å². The van der Waals surface area contributed by atoms with Gasteiger partial charge in [-0.25, -0.2) is 0 Å². The van der Waals surface area contributed by atoms with Gasteiger partial charge in [0.2, 0.25) is 16.6 Å². The van der Waals surface area contributed by atoms with Gasteiger partial charge in [0, 0.05) is 11.7 Å². The maximum absolute atomic E-state index is 6.80. The van der Waals surface area contributed by atoms with Crippen molar-refractivity contribution in [2.45, 2.75) is 143 Å². The van der Waals surface area contributed by atoms with E-state index in [2.05, 4.69) is 167 Å². The Kier molecular flexibility index (Phi) is 9.82. The van der Waals surface area contributed by atoms with E-state index in [1.54, 1.807) is 0 Å². The average molecular weight is 574 g/mol. The maximum atomic E-state index is 6.80. The fraction of sp³-hybridized carbons (Fsp3) is 0.688. The fourth-order valence-electron chi connectivity index (χ4n) is 3.66. The molecule has 0 aromatic heterocycles. The summed E-state index contributed by atoms with van der Waals surface area (Å²) >= 11 is 0. The van der Waals surface area contributed by atoms with Crippen LogP contribution in [0.5, 0.6) is 0 Å². The third-order valence-corrected chi connectivity index (χ3v) is 16.7. The van der Waals surface area contributed by atoms with E-state index < -0.39 is 16.6 Å². The van der Waals surface area contributed by atoms with Gasteiger partial charge in [-0.15, -0.1) is 0 Å². The topological polar surface area (TPSA) is 37.0 Å². The van der Waals surface area contributed by atoms with Crippen molar-refractivity contribution in [1.29, 1.82) is 0 Å². The molecule has 0 heterocycles. The predicted octanol–water partition coefficient (Wildman–Crippen LogP) is 9.89. The lowest BCUT2D eigenvalue weighted by Crippen LogP contribution is -2.52.